The van der Waals surface area contributed by atoms with Crippen LogP contribution in [0.3, 0.4) is 0 Å². The summed E-state index contributed by atoms with van der Waals surface area (Å²) in [5.41, 5.74) is 2.99. The number of carbonyl (C=O) groups is 1. The van der Waals surface area contributed by atoms with Crippen molar-refractivity contribution in [3.63, 3.8) is 0 Å². The van der Waals surface area contributed by atoms with E-state index in [0.29, 0.717) is 11.3 Å². The van der Waals surface area contributed by atoms with Gasteiger partial charge in [0.2, 0.25) is 5.91 Å². The number of hydrogen-bond donors (Lipinski definition) is 1. The first-order valence-corrected chi connectivity index (χ1v) is 6.22. The molecule has 104 valence electrons. The van der Waals surface area contributed by atoms with Crippen molar-refractivity contribution in [2.24, 2.45) is 7.05 Å². The Labute approximate surface area is 116 Å². The first-order chi connectivity index (χ1) is 9.47. The normalized spacial score (nSPS) is 11.0. The van der Waals surface area contributed by atoms with Crippen molar-refractivity contribution < 1.29 is 9.18 Å². The third-order valence-corrected chi connectivity index (χ3v) is 3.03. The Morgan fingerprint density at radius 3 is 2.75 bits per heavy atom. The summed E-state index contributed by atoms with van der Waals surface area (Å²) in [6.07, 6.45) is 2.94. The third kappa shape index (κ3) is 3.12. The Bertz CT molecular complexity index is 674. The maximum atomic E-state index is 13.0. The molecule has 0 atom stereocenters. The summed E-state index contributed by atoms with van der Waals surface area (Å²) in [5, 5.41) is 7.00. The number of aromatic nitrogens is 2. The summed E-state index contributed by atoms with van der Waals surface area (Å²) in [5.74, 6) is -0.597. The molecule has 0 bridgehead atoms. The fourth-order valence-electron chi connectivity index (χ4n) is 1.90. The zero-order valence-corrected chi connectivity index (χ0v) is 11.6. The zero-order chi connectivity index (χ0) is 14.7. The molecule has 5 heteroatoms. The summed E-state index contributed by atoms with van der Waals surface area (Å²) < 4.78 is 14.7. The molecule has 0 unspecified atom stereocenters. The van der Waals surface area contributed by atoms with Crippen LogP contribution in [0.2, 0.25) is 0 Å². The Kier molecular flexibility index (Phi) is 3.98. The SMILES string of the molecule is Cc1nn(C)c(C)c1NC(=O)C=Cc1cccc(F)c1. The Morgan fingerprint density at radius 2 is 2.15 bits per heavy atom. The summed E-state index contributed by atoms with van der Waals surface area (Å²) in [4.78, 5) is 11.9. The van der Waals surface area contributed by atoms with E-state index in [1.807, 2.05) is 20.9 Å². The standard InChI is InChI=1S/C15H16FN3O/c1-10-15(11(2)19(3)18-10)17-14(20)8-7-12-5-4-6-13(16)9-12/h4-9H,1-3H3,(H,17,20). The number of nitrogens with one attached hydrogen (secondary N) is 1. The lowest BCUT2D eigenvalue weighted by molar-refractivity contribution is -0.111. The number of hydrogen-bond acceptors (Lipinski definition) is 2. The van der Waals surface area contributed by atoms with Crippen LogP contribution in [0.1, 0.15) is 17.0 Å². The maximum absolute atomic E-state index is 13.0. The van der Waals surface area contributed by atoms with Gasteiger partial charge in [-0.1, -0.05) is 12.1 Å². The lowest BCUT2D eigenvalue weighted by Crippen LogP contribution is -2.09. The zero-order valence-electron chi connectivity index (χ0n) is 11.6. The number of carbonyl (C=O) groups excluding carboxylic acids is 1. The Hall–Kier alpha value is -2.43. The van der Waals surface area contributed by atoms with E-state index in [-0.39, 0.29) is 11.7 Å². The fraction of sp³-hybridized carbons (Fsp3) is 0.200. The van der Waals surface area contributed by atoms with Gasteiger partial charge < -0.3 is 5.32 Å². The summed E-state index contributed by atoms with van der Waals surface area (Å²) in [7, 11) is 1.82. The highest BCUT2D eigenvalue weighted by Crippen LogP contribution is 2.18. The number of benzene rings is 1. The van der Waals surface area contributed by atoms with Crippen LogP contribution in [-0.2, 0) is 11.8 Å². The second kappa shape index (κ2) is 5.69. The molecule has 4 nitrogen and oxygen atoms in total. The second-order valence-corrected chi connectivity index (χ2v) is 4.55. The molecule has 0 fully saturated rings. The van der Waals surface area contributed by atoms with E-state index < -0.39 is 0 Å². The van der Waals surface area contributed by atoms with Gasteiger partial charge in [0, 0.05) is 13.1 Å². The van der Waals surface area contributed by atoms with Gasteiger partial charge in [-0.3, -0.25) is 9.48 Å². The van der Waals surface area contributed by atoms with Crippen LogP contribution in [0.25, 0.3) is 6.08 Å². The monoisotopic (exact) mass is 273 g/mol. The molecule has 1 amide bonds. The molecule has 20 heavy (non-hydrogen) atoms. The minimum absolute atomic E-state index is 0.270. The summed E-state index contributed by atoms with van der Waals surface area (Å²) >= 11 is 0. The molecule has 0 radical (unpaired) electrons. The molecule has 0 spiro atoms. The topological polar surface area (TPSA) is 46.9 Å². The first kappa shape index (κ1) is 14.0. The third-order valence-electron chi connectivity index (χ3n) is 3.03. The average molecular weight is 273 g/mol. The number of rotatable bonds is 3. The molecule has 1 N–H and O–H groups in total. The molecule has 0 aliphatic rings. The minimum atomic E-state index is -0.327. The molecule has 0 aliphatic carbocycles. The first-order valence-electron chi connectivity index (χ1n) is 6.22. The highest BCUT2D eigenvalue weighted by Gasteiger charge is 2.10. The van der Waals surface area contributed by atoms with Crippen LogP contribution in [0, 0.1) is 19.7 Å². The van der Waals surface area contributed by atoms with Crippen LogP contribution in [0.15, 0.2) is 30.3 Å². The second-order valence-electron chi connectivity index (χ2n) is 4.55. The highest BCUT2D eigenvalue weighted by molar-refractivity contribution is 6.02. The summed E-state index contributed by atoms with van der Waals surface area (Å²) in [6, 6.07) is 6.06. The van der Waals surface area contributed by atoms with Gasteiger partial charge in [0.15, 0.2) is 0 Å². The number of aryl methyl sites for hydroxylation is 2. The van der Waals surface area contributed by atoms with Gasteiger partial charge in [-0.2, -0.15) is 5.10 Å². The minimum Gasteiger partial charge on any atom is -0.319 e. The van der Waals surface area contributed by atoms with Crippen LogP contribution in [0.5, 0.6) is 0 Å². The molecule has 0 saturated heterocycles. The number of amides is 1. The molecular weight excluding hydrogens is 257 g/mol. The molecule has 0 aliphatic heterocycles. The van der Waals surface area contributed by atoms with E-state index in [1.54, 1.807) is 22.9 Å². The lowest BCUT2D eigenvalue weighted by Gasteiger charge is -2.02. The number of nitrogens with zero attached hydrogens (tertiary/aromatic N) is 2. The van der Waals surface area contributed by atoms with Crippen LogP contribution < -0.4 is 5.32 Å². The van der Waals surface area contributed by atoms with Gasteiger partial charge in [-0.15, -0.1) is 0 Å². The van der Waals surface area contributed by atoms with Gasteiger partial charge in [0.25, 0.3) is 0 Å². The van der Waals surface area contributed by atoms with E-state index in [2.05, 4.69) is 10.4 Å². The van der Waals surface area contributed by atoms with E-state index in [1.165, 1.54) is 18.2 Å². The summed E-state index contributed by atoms with van der Waals surface area (Å²) in [6.45, 7) is 3.71. The van der Waals surface area contributed by atoms with E-state index in [9.17, 15) is 9.18 Å². The predicted molar refractivity (Wildman–Crippen MR) is 76.7 cm³/mol. The molecule has 0 saturated carbocycles. The molecular formula is C15H16FN3O. The van der Waals surface area contributed by atoms with E-state index in [4.69, 9.17) is 0 Å². The molecule has 1 aromatic carbocycles. The van der Waals surface area contributed by atoms with E-state index in [0.717, 1.165) is 11.4 Å². The van der Waals surface area contributed by atoms with Crippen molar-refractivity contribution in [2.75, 3.05) is 5.32 Å². The van der Waals surface area contributed by atoms with Crippen molar-refractivity contribution in [3.8, 4) is 0 Å². The highest BCUT2D eigenvalue weighted by atomic mass is 19.1. The van der Waals surface area contributed by atoms with Crippen molar-refractivity contribution in [1.82, 2.24) is 9.78 Å². The molecule has 1 heterocycles. The van der Waals surface area contributed by atoms with Gasteiger partial charge in [0.1, 0.15) is 5.82 Å². The smallest absolute Gasteiger partial charge is 0.248 e. The van der Waals surface area contributed by atoms with Gasteiger partial charge in [-0.05, 0) is 37.6 Å². The van der Waals surface area contributed by atoms with Gasteiger partial charge in [-0.25, -0.2) is 4.39 Å². The fourth-order valence-corrected chi connectivity index (χ4v) is 1.90. The molecule has 1 aromatic heterocycles. The van der Waals surface area contributed by atoms with Gasteiger partial charge in [0.05, 0.1) is 17.1 Å². The number of anilines is 1. The van der Waals surface area contributed by atoms with Crippen molar-refractivity contribution >= 4 is 17.7 Å². The molecule has 2 rings (SSSR count). The average Bonchev–Trinajstić information content (AvgIpc) is 2.63. The van der Waals surface area contributed by atoms with Crippen molar-refractivity contribution in [1.29, 1.82) is 0 Å². The van der Waals surface area contributed by atoms with Crippen molar-refractivity contribution in [2.45, 2.75) is 13.8 Å². The van der Waals surface area contributed by atoms with Crippen LogP contribution in [0.4, 0.5) is 10.1 Å². The van der Waals surface area contributed by atoms with Gasteiger partial charge >= 0.3 is 0 Å². The van der Waals surface area contributed by atoms with Crippen LogP contribution >= 0.6 is 0 Å². The Morgan fingerprint density at radius 1 is 1.40 bits per heavy atom. The predicted octanol–water partition coefficient (Wildman–Crippen LogP) is 2.83. The van der Waals surface area contributed by atoms with E-state index >= 15 is 0 Å². The maximum Gasteiger partial charge on any atom is 0.248 e. The molecule has 2 aromatic rings. The quantitative estimate of drug-likeness (QED) is 0.874. The largest absolute Gasteiger partial charge is 0.319 e. The Balaban J connectivity index is 2.09. The van der Waals surface area contributed by atoms with Crippen molar-refractivity contribution in [3.05, 3.63) is 53.1 Å². The van der Waals surface area contributed by atoms with Crippen LogP contribution in [-0.4, -0.2) is 15.7 Å². The number of halogens is 1. The lowest BCUT2D eigenvalue weighted by atomic mass is 10.2.